The minimum atomic E-state index is 0.588. The Hall–Kier alpha value is -1.39. The molecule has 0 amide bonds. The molecule has 0 fully saturated rings. The van der Waals surface area contributed by atoms with Gasteiger partial charge in [0.2, 0.25) is 0 Å². The van der Waals surface area contributed by atoms with Crippen LogP contribution in [0.25, 0.3) is 11.0 Å². The molecular weight excluding hydrogens is 278 g/mol. The summed E-state index contributed by atoms with van der Waals surface area (Å²) < 4.78 is 2.25. The molecule has 5 heteroatoms. The molecule has 3 rings (SSSR count). The van der Waals surface area contributed by atoms with E-state index in [1.54, 1.807) is 11.3 Å². The van der Waals surface area contributed by atoms with E-state index in [-0.39, 0.29) is 0 Å². The molecule has 0 radical (unpaired) electrons. The number of benzene rings is 1. The fraction of sp³-hybridized carbons (Fsp3) is 0.286. The van der Waals surface area contributed by atoms with Crippen molar-refractivity contribution in [1.82, 2.24) is 14.5 Å². The van der Waals surface area contributed by atoms with Gasteiger partial charge in [-0.05, 0) is 19.1 Å². The van der Waals surface area contributed by atoms with Crippen LogP contribution in [0.2, 0.25) is 0 Å². The number of nitrogens with zero attached hydrogens (tertiary/aromatic N) is 3. The Balaban J connectivity index is 2.09. The van der Waals surface area contributed by atoms with Crippen molar-refractivity contribution in [2.75, 3.05) is 5.88 Å². The first-order valence-electron chi connectivity index (χ1n) is 6.18. The molecule has 2 aromatic heterocycles. The normalized spacial score (nSPS) is 11.3. The lowest BCUT2D eigenvalue weighted by atomic mass is 10.3. The lowest BCUT2D eigenvalue weighted by Gasteiger charge is -2.07. The van der Waals surface area contributed by atoms with Gasteiger partial charge in [-0.2, -0.15) is 0 Å². The highest BCUT2D eigenvalue weighted by molar-refractivity contribution is 7.09. The second kappa shape index (κ2) is 5.31. The van der Waals surface area contributed by atoms with Crippen LogP contribution in [0, 0.1) is 6.92 Å². The van der Waals surface area contributed by atoms with Crippen LogP contribution in [0.15, 0.2) is 29.8 Å². The maximum Gasteiger partial charge on any atom is 0.111 e. The summed E-state index contributed by atoms with van der Waals surface area (Å²) in [4.78, 5) is 10.3. The predicted octanol–water partition coefficient (Wildman–Crippen LogP) is 3.63. The van der Waals surface area contributed by atoms with E-state index in [0.29, 0.717) is 5.88 Å². The molecule has 0 saturated carbocycles. The van der Waals surface area contributed by atoms with Gasteiger partial charge in [-0.15, -0.1) is 22.9 Å². The number of thiazole rings is 1. The number of hydrogen-bond donors (Lipinski definition) is 0. The van der Waals surface area contributed by atoms with E-state index >= 15 is 0 Å². The summed E-state index contributed by atoms with van der Waals surface area (Å²) in [5.74, 6) is 1.63. The summed E-state index contributed by atoms with van der Waals surface area (Å²) in [5, 5.41) is 0. The third-order valence-corrected chi connectivity index (χ3v) is 4.31. The lowest BCUT2D eigenvalue weighted by molar-refractivity contribution is 0.758. The van der Waals surface area contributed by atoms with Gasteiger partial charge in [0.15, 0.2) is 0 Å². The SMILES string of the molecule is Cc1ncsc1Cn1c(CCCl)nc2ccccc21. The number of hydrogen-bond acceptors (Lipinski definition) is 3. The van der Waals surface area contributed by atoms with E-state index in [1.165, 1.54) is 4.88 Å². The predicted molar refractivity (Wildman–Crippen MR) is 80.1 cm³/mol. The van der Waals surface area contributed by atoms with Crippen LogP contribution in [0.4, 0.5) is 0 Å². The molecule has 0 saturated heterocycles. The van der Waals surface area contributed by atoms with Crippen molar-refractivity contribution in [3.63, 3.8) is 0 Å². The van der Waals surface area contributed by atoms with Crippen molar-refractivity contribution < 1.29 is 0 Å². The van der Waals surface area contributed by atoms with Crippen molar-refractivity contribution in [2.24, 2.45) is 0 Å². The first-order chi connectivity index (χ1) is 9.29. The van der Waals surface area contributed by atoms with Crippen molar-refractivity contribution in [2.45, 2.75) is 19.9 Å². The molecule has 19 heavy (non-hydrogen) atoms. The van der Waals surface area contributed by atoms with Gasteiger partial charge in [0, 0.05) is 17.2 Å². The maximum atomic E-state index is 5.89. The Bertz CT molecular complexity index is 702. The molecule has 0 atom stereocenters. The van der Waals surface area contributed by atoms with Gasteiger partial charge in [0.05, 0.1) is 28.8 Å². The largest absolute Gasteiger partial charge is 0.323 e. The van der Waals surface area contributed by atoms with Gasteiger partial charge < -0.3 is 4.57 Å². The zero-order valence-electron chi connectivity index (χ0n) is 10.6. The highest BCUT2D eigenvalue weighted by Gasteiger charge is 2.12. The minimum Gasteiger partial charge on any atom is -0.323 e. The average Bonchev–Trinajstić information content (AvgIpc) is 2.96. The minimum absolute atomic E-state index is 0.588. The number of para-hydroxylation sites is 2. The van der Waals surface area contributed by atoms with Gasteiger partial charge in [0.25, 0.3) is 0 Å². The van der Waals surface area contributed by atoms with Crippen molar-refractivity contribution in [3.05, 3.63) is 46.2 Å². The zero-order valence-corrected chi connectivity index (χ0v) is 12.2. The smallest absolute Gasteiger partial charge is 0.111 e. The number of rotatable bonds is 4. The number of imidazole rings is 1. The maximum absolute atomic E-state index is 5.89. The summed E-state index contributed by atoms with van der Waals surface area (Å²) in [6.07, 6.45) is 0.786. The molecule has 0 aliphatic heterocycles. The quantitative estimate of drug-likeness (QED) is 0.687. The Morgan fingerprint density at radius 1 is 1.32 bits per heavy atom. The monoisotopic (exact) mass is 291 g/mol. The van der Waals surface area contributed by atoms with Gasteiger partial charge in [-0.1, -0.05) is 12.1 Å². The molecule has 98 valence electrons. The van der Waals surface area contributed by atoms with Crippen molar-refractivity contribution in [3.8, 4) is 0 Å². The number of alkyl halides is 1. The number of aryl methyl sites for hydroxylation is 2. The van der Waals surface area contributed by atoms with Gasteiger partial charge in [-0.3, -0.25) is 0 Å². The highest BCUT2D eigenvalue weighted by Crippen LogP contribution is 2.21. The van der Waals surface area contributed by atoms with Crippen LogP contribution in [0.1, 0.15) is 16.4 Å². The Labute approximate surface area is 120 Å². The lowest BCUT2D eigenvalue weighted by Crippen LogP contribution is -2.05. The van der Waals surface area contributed by atoms with Crippen LogP contribution in [0.5, 0.6) is 0 Å². The summed E-state index contributed by atoms with van der Waals surface area (Å²) in [7, 11) is 0. The van der Waals surface area contributed by atoms with E-state index in [1.807, 2.05) is 30.6 Å². The molecule has 0 unspecified atom stereocenters. The van der Waals surface area contributed by atoms with E-state index in [0.717, 1.165) is 35.5 Å². The third kappa shape index (κ3) is 2.38. The zero-order chi connectivity index (χ0) is 13.2. The number of fused-ring (bicyclic) bond motifs is 1. The molecular formula is C14H14ClN3S. The molecule has 0 spiro atoms. The van der Waals surface area contributed by atoms with Crippen LogP contribution in [-0.4, -0.2) is 20.4 Å². The summed E-state index contributed by atoms with van der Waals surface area (Å²) in [6, 6.07) is 8.21. The fourth-order valence-electron chi connectivity index (χ4n) is 2.20. The summed E-state index contributed by atoms with van der Waals surface area (Å²) >= 11 is 7.58. The van der Waals surface area contributed by atoms with Crippen LogP contribution >= 0.6 is 22.9 Å². The first kappa shape index (κ1) is 12.6. The molecule has 3 aromatic rings. The molecule has 2 heterocycles. The van der Waals surface area contributed by atoms with E-state index in [9.17, 15) is 0 Å². The first-order valence-corrected chi connectivity index (χ1v) is 7.60. The molecule has 0 bridgehead atoms. The Kier molecular flexibility index (Phi) is 3.53. The van der Waals surface area contributed by atoms with Gasteiger partial charge in [-0.25, -0.2) is 9.97 Å². The molecule has 1 aromatic carbocycles. The summed E-state index contributed by atoms with van der Waals surface area (Å²) in [5.41, 5.74) is 5.19. The Morgan fingerprint density at radius 2 is 2.16 bits per heavy atom. The fourth-order valence-corrected chi connectivity index (χ4v) is 3.13. The standard InChI is InChI=1S/C14H14ClN3S/c1-10-13(19-9-16-10)8-18-12-5-3-2-4-11(12)17-14(18)6-7-15/h2-5,9H,6-8H2,1H3. The topological polar surface area (TPSA) is 30.7 Å². The third-order valence-electron chi connectivity index (χ3n) is 3.20. The molecule has 3 nitrogen and oxygen atoms in total. The van der Waals surface area contributed by atoms with Crippen molar-refractivity contribution >= 4 is 34.0 Å². The van der Waals surface area contributed by atoms with Crippen LogP contribution < -0.4 is 0 Å². The summed E-state index contributed by atoms with van der Waals surface area (Å²) in [6.45, 7) is 2.87. The van der Waals surface area contributed by atoms with Gasteiger partial charge >= 0.3 is 0 Å². The molecule has 0 N–H and O–H groups in total. The van der Waals surface area contributed by atoms with Gasteiger partial charge in [0.1, 0.15) is 5.82 Å². The highest BCUT2D eigenvalue weighted by atomic mass is 35.5. The second-order valence-corrected chi connectivity index (χ2v) is 5.72. The van der Waals surface area contributed by atoms with Crippen LogP contribution in [0.3, 0.4) is 0 Å². The number of halogens is 1. The van der Waals surface area contributed by atoms with E-state index in [2.05, 4.69) is 20.6 Å². The number of aromatic nitrogens is 3. The molecule has 0 aliphatic rings. The second-order valence-electron chi connectivity index (χ2n) is 4.40. The average molecular weight is 292 g/mol. The van der Waals surface area contributed by atoms with E-state index in [4.69, 9.17) is 11.6 Å². The van der Waals surface area contributed by atoms with Crippen LogP contribution in [-0.2, 0) is 13.0 Å². The van der Waals surface area contributed by atoms with Crippen molar-refractivity contribution in [1.29, 1.82) is 0 Å². The molecule has 0 aliphatic carbocycles. The van der Waals surface area contributed by atoms with E-state index < -0.39 is 0 Å². The Morgan fingerprint density at radius 3 is 2.89 bits per heavy atom.